The number of hydrogen-bond donors (Lipinski definition) is 2. The molecule has 0 fully saturated rings. The number of benzene rings is 7. The molecule has 0 radical (unpaired) electrons. The molecule has 1 unspecified atom stereocenters. The van der Waals surface area contributed by atoms with Crippen LogP contribution in [0.4, 0.5) is 11.4 Å². The molecule has 2 N–H and O–H groups in total. The van der Waals surface area contributed by atoms with E-state index in [2.05, 4.69) is 132 Å². The van der Waals surface area contributed by atoms with Crippen LogP contribution in [0.25, 0.3) is 54.9 Å². The Bertz CT molecular complexity index is 2180. The molecule has 0 spiro atoms. The van der Waals surface area contributed by atoms with Crippen LogP contribution in [0.2, 0.25) is 0 Å². The van der Waals surface area contributed by atoms with Crippen LogP contribution in [-0.4, -0.2) is 0 Å². The Hall–Kier alpha value is -5.54. The maximum Gasteiger partial charge on any atom is 0.135 e. The number of rotatable bonds is 3. The minimum atomic E-state index is 0.0861. The molecule has 9 rings (SSSR count). The molecule has 7 aromatic rings. The van der Waals surface area contributed by atoms with Crippen molar-refractivity contribution in [3.8, 4) is 44.9 Å². The van der Waals surface area contributed by atoms with Crippen molar-refractivity contribution < 1.29 is 4.74 Å². The van der Waals surface area contributed by atoms with Gasteiger partial charge in [0.15, 0.2) is 0 Å². The molecule has 42 heavy (non-hydrogen) atoms. The molecule has 7 aromatic carbocycles. The predicted molar refractivity (Wildman–Crippen MR) is 174 cm³/mol. The molecule has 0 saturated heterocycles. The Morgan fingerprint density at radius 1 is 0.452 bits per heavy atom. The smallest absolute Gasteiger partial charge is 0.135 e. The normalized spacial score (nSPS) is 14.5. The van der Waals surface area contributed by atoms with Gasteiger partial charge in [0.05, 0.1) is 11.4 Å². The minimum absolute atomic E-state index is 0.0861. The first kappa shape index (κ1) is 23.2. The summed E-state index contributed by atoms with van der Waals surface area (Å²) in [5, 5.41) is 12.1. The van der Waals surface area contributed by atoms with Gasteiger partial charge >= 0.3 is 0 Å². The largest absolute Gasteiger partial charge is 0.456 e. The number of para-hydroxylation sites is 1. The third-order valence-electron chi connectivity index (χ3n) is 8.64. The van der Waals surface area contributed by atoms with Crippen molar-refractivity contribution >= 4 is 32.9 Å². The van der Waals surface area contributed by atoms with Crippen molar-refractivity contribution in [1.82, 2.24) is 0 Å². The lowest BCUT2D eigenvalue weighted by Gasteiger charge is -2.22. The van der Waals surface area contributed by atoms with Crippen molar-refractivity contribution in [2.24, 2.45) is 0 Å². The number of nitrogens with one attached hydrogen (secondary N) is 2. The summed E-state index contributed by atoms with van der Waals surface area (Å²) >= 11 is 0. The molecule has 2 aliphatic heterocycles. The number of ether oxygens (including phenoxy) is 1. The first-order valence-electron chi connectivity index (χ1n) is 14.4. The van der Waals surface area contributed by atoms with Gasteiger partial charge in [0.1, 0.15) is 17.7 Å². The van der Waals surface area contributed by atoms with Crippen LogP contribution in [0.3, 0.4) is 0 Å². The van der Waals surface area contributed by atoms with E-state index in [1.54, 1.807) is 0 Å². The third-order valence-corrected chi connectivity index (χ3v) is 8.64. The van der Waals surface area contributed by atoms with Crippen LogP contribution < -0.4 is 15.4 Å². The lowest BCUT2D eigenvalue weighted by Crippen LogP contribution is -2.11. The second-order valence-electron chi connectivity index (χ2n) is 11.1. The topological polar surface area (TPSA) is 33.3 Å². The fourth-order valence-corrected chi connectivity index (χ4v) is 6.55. The zero-order valence-electron chi connectivity index (χ0n) is 22.8. The average molecular weight is 539 g/mol. The van der Waals surface area contributed by atoms with Gasteiger partial charge in [-0.3, -0.25) is 0 Å². The summed E-state index contributed by atoms with van der Waals surface area (Å²) in [6.45, 7) is 0. The molecule has 0 amide bonds. The second-order valence-corrected chi connectivity index (χ2v) is 11.1. The molecule has 0 bridgehead atoms. The quantitative estimate of drug-likeness (QED) is 0.235. The predicted octanol–water partition coefficient (Wildman–Crippen LogP) is 10.6. The van der Waals surface area contributed by atoms with E-state index in [1.807, 2.05) is 18.2 Å². The first-order valence-corrected chi connectivity index (χ1v) is 14.4. The number of fused-ring (bicyclic) bond motifs is 4. The highest BCUT2D eigenvalue weighted by Gasteiger charge is 2.22. The van der Waals surface area contributed by atoms with E-state index in [0.717, 1.165) is 28.4 Å². The van der Waals surface area contributed by atoms with Crippen molar-refractivity contribution in [3.05, 3.63) is 145 Å². The molecule has 1 atom stereocenters. The van der Waals surface area contributed by atoms with E-state index in [9.17, 15) is 0 Å². The molecular formula is C39H26N2O. The zero-order valence-corrected chi connectivity index (χ0v) is 22.8. The molecule has 3 heteroatoms. The summed E-state index contributed by atoms with van der Waals surface area (Å²) in [7, 11) is 0. The molecule has 3 nitrogen and oxygen atoms in total. The summed E-state index contributed by atoms with van der Waals surface area (Å²) in [5.74, 6) is 1.83. The summed E-state index contributed by atoms with van der Waals surface area (Å²) in [4.78, 5) is 0. The van der Waals surface area contributed by atoms with Crippen LogP contribution in [0, 0.1) is 0 Å². The molecule has 0 aromatic heterocycles. The highest BCUT2D eigenvalue weighted by atomic mass is 16.5. The van der Waals surface area contributed by atoms with E-state index in [0.29, 0.717) is 0 Å². The van der Waals surface area contributed by atoms with E-state index in [-0.39, 0.29) is 6.17 Å². The van der Waals surface area contributed by atoms with Gasteiger partial charge in [-0.2, -0.15) is 0 Å². The lowest BCUT2D eigenvalue weighted by molar-refractivity contribution is 0.487. The summed E-state index contributed by atoms with van der Waals surface area (Å²) in [5.41, 5.74) is 10.7. The highest BCUT2D eigenvalue weighted by molar-refractivity contribution is 6.10. The maximum absolute atomic E-state index is 6.31. The van der Waals surface area contributed by atoms with Crippen LogP contribution in [0.1, 0.15) is 11.7 Å². The molecule has 2 heterocycles. The van der Waals surface area contributed by atoms with Gasteiger partial charge in [-0.05, 0) is 85.9 Å². The van der Waals surface area contributed by atoms with E-state index in [4.69, 9.17) is 4.74 Å². The molecule has 198 valence electrons. The Morgan fingerprint density at radius 2 is 1.17 bits per heavy atom. The Morgan fingerprint density at radius 3 is 2.07 bits per heavy atom. The van der Waals surface area contributed by atoms with Gasteiger partial charge in [0.2, 0.25) is 0 Å². The Labute approximate surface area is 244 Å². The maximum atomic E-state index is 6.31. The SMILES string of the molecule is c1ccc(C2Nc3ccc(-c4ccc5cc(-c6ccc7c8c(cccc68)-c6ccccc6O7)ccc5c4)cc3N2)cc1. The van der Waals surface area contributed by atoms with E-state index < -0.39 is 0 Å². The van der Waals surface area contributed by atoms with Crippen molar-refractivity contribution in [3.63, 3.8) is 0 Å². The fourth-order valence-electron chi connectivity index (χ4n) is 6.55. The molecular weight excluding hydrogens is 512 g/mol. The molecule has 0 saturated carbocycles. The fraction of sp³-hybridized carbons (Fsp3) is 0.0256. The average Bonchev–Trinajstić information content (AvgIpc) is 3.49. The van der Waals surface area contributed by atoms with Gasteiger partial charge in [0.25, 0.3) is 0 Å². The monoisotopic (exact) mass is 538 g/mol. The van der Waals surface area contributed by atoms with Gasteiger partial charge in [-0.1, -0.05) is 103 Å². The van der Waals surface area contributed by atoms with Gasteiger partial charge in [-0.25, -0.2) is 0 Å². The van der Waals surface area contributed by atoms with Crippen molar-refractivity contribution in [1.29, 1.82) is 0 Å². The van der Waals surface area contributed by atoms with Gasteiger partial charge in [0, 0.05) is 10.9 Å². The molecule has 2 aliphatic rings. The van der Waals surface area contributed by atoms with Crippen LogP contribution in [0.5, 0.6) is 11.5 Å². The molecule has 0 aliphatic carbocycles. The second kappa shape index (κ2) is 8.98. The third kappa shape index (κ3) is 3.60. The van der Waals surface area contributed by atoms with Crippen LogP contribution >= 0.6 is 0 Å². The summed E-state index contributed by atoms with van der Waals surface area (Å²) in [6.07, 6.45) is 0.0861. The van der Waals surface area contributed by atoms with Gasteiger partial charge < -0.3 is 15.4 Å². The summed E-state index contributed by atoms with van der Waals surface area (Å²) < 4.78 is 6.31. The minimum Gasteiger partial charge on any atom is -0.456 e. The van der Waals surface area contributed by atoms with Crippen molar-refractivity contribution in [2.75, 3.05) is 10.6 Å². The van der Waals surface area contributed by atoms with E-state index >= 15 is 0 Å². The lowest BCUT2D eigenvalue weighted by atomic mass is 9.90. The standard InChI is InChI=1S/C39H26N2O/c1-2-7-24(8-3-1)39-40-34-19-17-28(23-35(34)41-39)26-13-14-27-22-29(16-15-25(27)21-26)30-18-20-37-38-32(30)10-6-11-33(38)31-9-4-5-12-36(31)42-37/h1-23,39-41H. The highest BCUT2D eigenvalue weighted by Crippen LogP contribution is 2.48. The first-order chi connectivity index (χ1) is 20.8. The van der Waals surface area contributed by atoms with Crippen molar-refractivity contribution in [2.45, 2.75) is 6.17 Å². The Kier molecular flexibility index (Phi) is 4.96. The summed E-state index contributed by atoms with van der Waals surface area (Å²) in [6, 6.07) is 49.8. The van der Waals surface area contributed by atoms with Crippen LogP contribution in [0.15, 0.2) is 140 Å². The zero-order chi connectivity index (χ0) is 27.6. The van der Waals surface area contributed by atoms with Crippen LogP contribution in [-0.2, 0) is 0 Å². The number of anilines is 2. The van der Waals surface area contributed by atoms with Gasteiger partial charge in [-0.15, -0.1) is 0 Å². The number of hydrogen-bond acceptors (Lipinski definition) is 3. The Balaban J connectivity index is 1.07. The van der Waals surface area contributed by atoms with E-state index in [1.165, 1.54) is 54.9 Å².